The molecule has 1 aliphatic heterocycles. The van der Waals surface area contributed by atoms with Gasteiger partial charge < -0.3 is 9.47 Å². The summed E-state index contributed by atoms with van der Waals surface area (Å²) in [5.41, 5.74) is 0. The summed E-state index contributed by atoms with van der Waals surface area (Å²) in [6, 6.07) is 3.45. The maximum Gasteiger partial charge on any atom is 0.250 e. The monoisotopic (exact) mass is 331 g/mol. The number of hydrogen-bond acceptors (Lipinski definition) is 5. The van der Waals surface area contributed by atoms with Crippen molar-refractivity contribution in [1.29, 1.82) is 0 Å². The van der Waals surface area contributed by atoms with Gasteiger partial charge in [-0.15, -0.1) is 11.3 Å². The fourth-order valence-electron chi connectivity index (χ4n) is 2.90. The van der Waals surface area contributed by atoms with Gasteiger partial charge in [-0.3, -0.25) is 0 Å². The largest absolute Gasteiger partial charge is 0.347 e. The van der Waals surface area contributed by atoms with E-state index in [1.165, 1.54) is 17.8 Å². The summed E-state index contributed by atoms with van der Waals surface area (Å²) in [5.74, 6) is -0.451. The predicted molar refractivity (Wildman–Crippen MR) is 80.9 cm³/mol. The van der Waals surface area contributed by atoms with Crippen LogP contribution < -0.4 is 4.72 Å². The fraction of sp³-hybridized carbons (Fsp3) is 0.714. The Morgan fingerprint density at radius 2 is 2.10 bits per heavy atom. The Morgan fingerprint density at radius 3 is 2.76 bits per heavy atom. The van der Waals surface area contributed by atoms with Crippen molar-refractivity contribution in [2.24, 2.45) is 0 Å². The minimum atomic E-state index is -3.44. The molecule has 0 radical (unpaired) electrons. The van der Waals surface area contributed by atoms with Gasteiger partial charge in [0, 0.05) is 24.3 Å². The van der Waals surface area contributed by atoms with Crippen LogP contribution in [0.4, 0.5) is 0 Å². The van der Waals surface area contributed by atoms with E-state index >= 15 is 0 Å². The summed E-state index contributed by atoms with van der Waals surface area (Å²) in [6.45, 7) is 2.62. The number of aryl methyl sites for hydroxylation is 1. The van der Waals surface area contributed by atoms with Crippen molar-refractivity contribution in [1.82, 2.24) is 4.72 Å². The molecule has 1 aromatic heterocycles. The molecule has 3 rings (SSSR count). The van der Waals surface area contributed by atoms with Crippen LogP contribution in [0.25, 0.3) is 0 Å². The number of sulfonamides is 1. The van der Waals surface area contributed by atoms with E-state index in [2.05, 4.69) is 4.72 Å². The summed E-state index contributed by atoms with van der Waals surface area (Å²) in [6.07, 6.45) is 5.10. The summed E-state index contributed by atoms with van der Waals surface area (Å²) < 4.78 is 39.1. The van der Waals surface area contributed by atoms with Crippen LogP contribution in [0.5, 0.6) is 0 Å². The average Bonchev–Trinajstić information content (AvgIpc) is 3.06. The maximum absolute atomic E-state index is 12.2. The van der Waals surface area contributed by atoms with Gasteiger partial charge in [0.15, 0.2) is 5.79 Å². The molecular weight excluding hydrogens is 310 g/mol. The van der Waals surface area contributed by atoms with E-state index in [9.17, 15) is 8.42 Å². The summed E-state index contributed by atoms with van der Waals surface area (Å²) in [4.78, 5) is 0.983. The van der Waals surface area contributed by atoms with Crippen molar-refractivity contribution < 1.29 is 17.9 Å². The lowest BCUT2D eigenvalue weighted by molar-refractivity contribution is -0.186. The predicted octanol–water partition coefficient (Wildman–Crippen LogP) is 2.41. The van der Waals surface area contributed by atoms with Crippen molar-refractivity contribution in [3.05, 3.63) is 17.0 Å². The molecule has 1 saturated heterocycles. The van der Waals surface area contributed by atoms with Crippen LogP contribution >= 0.6 is 11.3 Å². The van der Waals surface area contributed by atoms with E-state index in [4.69, 9.17) is 9.47 Å². The average molecular weight is 331 g/mol. The first-order valence-electron chi connectivity index (χ1n) is 7.37. The normalized spacial score (nSPS) is 25.5. The molecule has 1 atom stereocenters. The first kappa shape index (κ1) is 15.4. The van der Waals surface area contributed by atoms with Crippen LogP contribution in [0.15, 0.2) is 16.3 Å². The van der Waals surface area contributed by atoms with Crippen molar-refractivity contribution >= 4 is 21.4 Å². The van der Waals surface area contributed by atoms with Crippen molar-refractivity contribution in [3.8, 4) is 0 Å². The number of ether oxygens (including phenoxy) is 2. The Hall–Kier alpha value is -0.470. The van der Waals surface area contributed by atoms with Crippen LogP contribution in [-0.4, -0.2) is 33.5 Å². The number of thiophene rings is 1. The molecule has 1 N–H and O–H groups in total. The van der Waals surface area contributed by atoms with Crippen molar-refractivity contribution in [2.45, 2.75) is 55.1 Å². The molecule has 2 fully saturated rings. The number of rotatable bonds is 4. The molecule has 1 aliphatic carbocycles. The fourth-order valence-corrected chi connectivity index (χ4v) is 5.29. The Balaban J connectivity index is 1.56. The van der Waals surface area contributed by atoms with E-state index in [1.54, 1.807) is 6.07 Å². The summed E-state index contributed by atoms with van der Waals surface area (Å²) >= 11 is 1.28. The Labute approximate surface area is 129 Å². The van der Waals surface area contributed by atoms with Gasteiger partial charge in [-0.1, -0.05) is 6.42 Å². The van der Waals surface area contributed by atoms with E-state index in [0.29, 0.717) is 10.8 Å². The van der Waals surface area contributed by atoms with Gasteiger partial charge in [0.25, 0.3) is 0 Å². The second kappa shape index (κ2) is 5.96. The zero-order valence-electron chi connectivity index (χ0n) is 12.1. The molecule has 0 amide bonds. The van der Waals surface area contributed by atoms with Crippen LogP contribution in [0.3, 0.4) is 0 Å². The molecule has 1 spiro atoms. The third-order valence-electron chi connectivity index (χ3n) is 4.01. The topological polar surface area (TPSA) is 64.6 Å². The lowest BCUT2D eigenvalue weighted by Gasteiger charge is -2.31. The zero-order chi connectivity index (χ0) is 14.9. The van der Waals surface area contributed by atoms with E-state index in [1.807, 2.05) is 13.0 Å². The molecule has 0 bridgehead atoms. The van der Waals surface area contributed by atoms with Gasteiger partial charge in [-0.25, -0.2) is 13.1 Å². The highest BCUT2D eigenvalue weighted by atomic mass is 32.2. The SMILES string of the molecule is Cc1ccc(S(=O)(=O)NC[C@@H]2COC3(CCCCC3)O2)s1. The molecule has 118 valence electrons. The quantitative estimate of drug-likeness (QED) is 0.920. The molecule has 1 aromatic rings. The molecular formula is C14H21NO4S2. The van der Waals surface area contributed by atoms with Crippen molar-refractivity contribution in [2.75, 3.05) is 13.2 Å². The Bertz CT molecular complexity index is 590. The van der Waals surface area contributed by atoms with Gasteiger partial charge in [0.1, 0.15) is 4.21 Å². The van der Waals surface area contributed by atoms with Gasteiger partial charge in [0.05, 0.1) is 12.7 Å². The highest BCUT2D eigenvalue weighted by Gasteiger charge is 2.42. The van der Waals surface area contributed by atoms with E-state index in [0.717, 1.165) is 30.6 Å². The molecule has 21 heavy (non-hydrogen) atoms. The second-order valence-electron chi connectivity index (χ2n) is 5.74. The molecule has 0 aromatic carbocycles. The smallest absolute Gasteiger partial charge is 0.250 e. The van der Waals surface area contributed by atoms with Gasteiger partial charge in [-0.2, -0.15) is 0 Å². The second-order valence-corrected chi connectivity index (χ2v) is 9.02. The van der Waals surface area contributed by atoms with Gasteiger partial charge in [-0.05, 0) is 31.9 Å². The first-order chi connectivity index (χ1) is 9.99. The van der Waals surface area contributed by atoms with Gasteiger partial charge in [0.2, 0.25) is 10.0 Å². The lowest BCUT2D eigenvalue weighted by Crippen LogP contribution is -2.37. The Morgan fingerprint density at radius 1 is 1.33 bits per heavy atom. The third kappa shape index (κ3) is 3.48. The minimum absolute atomic E-state index is 0.195. The standard InChI is InChI=1S/C14H21NO4S2/c1-11-5-6-13(20-11)21(16,17)15-9-12-10-18-14(19-12)7-3-2-4-8-14/h5-6,12,15H,2-4,7-10H2,1H3/t12-/m1/s1. The molecule has 2 aliphatic rings. The highest BCUT2D eigenvalue weighted by molar-refractivity contribution is 7.91. The third-order valence-corrected chi connectivity index (χ3v) is 6.93. The highest BCUT2D eigenvalue weighted by Crippen LogP contribution is 2.37. The number of hydrogen-bond donors (Lipinski definition) is 1. The van der Waals surface area contributed by atoms with Crippen LogP contribution in [0.1, 0.15) is 37.0 Å². The van der Waals surface area contributed by atoms with Gasteiger partial charge >= 0.3 is 0 Å². The molecule has 7 heteroatoms. The molecule has 1 saturated carbocycles. The van der Waals surface area contributed by atoms with Crippen molar-refractivity contribution in [3.63, 3.8) is 0 Å². The molecule has 5 nitrogen and oxygen atoms in total. The van der Waals surface area contributed by atoms with E-state index in [-0.39, 0.29) is 12.6 Å². The first-order valence-corrected chi connectivity index (χ1v) is 9.67. The Kier molecular flexibility index (Phi) is 4.38. The number of nitrogens with one attached hydrogen (secondary N) is 1. The summed E-state index contributed by atoms with van der Waals surface area (Å²) in [7, 11) is -3.44. The minimum Gasteiger partial charge on any atom is -0.347 e. The maximum atomic E-state index is 12.2. The zero-order valence-corrected chi connectivity index (χ0v) is 13.8. The molecule has 2 heterocycles. The molecule has 0 unspecified atom stereocenters. The lowest BCUT2D eigenvalue weighted by atomic mass is 9.94. The van der Waals surface area contributed by atoms with Crippen LogP contribution in [0.2, 0.25) is 0 Å². The van der Waals surface area contributed by atoms with Crippen LogP contribution in [0, 0.1) is 6.92 Å². The van der Waals surface area contributed by atoms with E-state index < -0.39 is 15.8 Å². The van der Waals surface area contributed by atoms with Crippen LogP contribution in [-0.2, 0) is 19.5 Å². The summed E-state index contributed by atoms with van der Waals surface area (Å²) in [5, 5.41) is 0.